The molecule has 0 aliphatic rings. The van der Waals surface area contributed by atoms with Gasteiger partial charge in [0.25, 0.3) is 0 Å². The third kappa shape index (κ3) is 2.30. The van der Waals surface area contributed by atoms with Gasteiger partial charge < -0.3 is 10.2 Å². The number of halogens is 1. The molecule has 3 rings (SSSR count). The van der Waals surface area contributed by atoms with Crippen molar-refractivity contribution in [3.05, 3.63) is 64.4 Å². The van der Waals surface area contributed by atoms with Crippen LogP contribution in [0, 0.1) is 0 Å². The molecule has 0 atom stereocenters. The Morgan fingerprint density at radius 1 is 1.24 bits per heavy atom. The van der Waals surface area contributed by atoms with E-state index in [1.54, 1.807) is 18.2 Å². The monoisotopic (exact) mass is 299 g/mol. The maximum Gasteiger partial charge on any atom is 0.198 e. The molecule has 0 unspecified atom stereocenters. The van der Waals surface area contributed by atoms with E-state index in [0.717, 1.165) is 5.39 Å². The molecule has 2 N–H and O–H groups in total. The van der Waals surface area contributed by atoms with E-state index in [4.69, 9.17) is 21.8 Å². The molecule has 0 radical (unpaired) electrons. The molecular formula is C17H14ClNO2. The van der Waals surface area contributed by atoms with Crippen LogP contribution in [0.3, 0.4) is 0 Å². The summed E-state index contributed by atoms with van der Waals surface area (Å²) in [4.78, 5) is 12.8. The van der Waals surface area contributed by atoms with Gasteiger partial charge in [-0.2, -0.15) is 0 Å². The van der Waals surface area contributed by atoms with Crippen LogP contribution in [-0.2, 0) is 6.42 Å². The van der Waals surface area contributed by atoms with Gasteiger partial charge in [-0.15, -0.1) is 0 Å². The van der Waals surface area contributed by atoms with Gasteiger partial charge in [0.15, 0.2) is 5.78 Å². The third-order valence-electron chi connectivity index (χ3n) is 3.45. The number of carbonyl (C=O) groups excluding carboxylic acids is 1. The topological polar surface area (TPSA) is 56.2 Å². The Morgan fingerprint density at radius 2 is 2.00 bits per heavy atom. The number of para-hydroxylation sites is 1. The summed E-state index contributed by atoms with van der Waals surface area (Å²) in [5.74, 6) is 0.538. The fraction of sp³-hybridized carbons (Fsp3) is 0.118. The molecule has 0 aliphatic carbocycles. The number of nitrogen functional groups attached to an aromatic ring is 1. The lowest BCUT2D eigenvalue weighted by Crippen LogP contribution is -2.04. The minimum Gasteiger partial charge on any atom is -0.460 e. The molecule has 1 heterocycles. The lowest BCUT2D eigenvalue weighted by molar-refractivity contribution is 0.103. The summed E-state index contributed by atoms with van der Waals surface area (Å²) in [7, 11) is 0. The minimum absolute atomic E-state index is 0.137. The smallest absolute Gasteiger partial charge is 0.198 e. The van der Waals surface area contributed by atoms with Gasteiger partial charge in [0, 0.05) is 23.1 Å². The molecular weight excluding hydrogens is 286 g/mol. The van der Waals surface area contributed by atoms with Crippen molar-refractivity contribution in [2.24, 2.45) is 0 Å². The van der Waals surface area contributed by atoms with Crippen molar-refractivity contribution in [3.63, 3.8) is 0 Å². The highest BCUT2D eigenvalue weighted by Crippen LogP contribution is 2.30. The zero-order valence-electron chi connectivity index (χ0n) is 11.5. The third-order valence-corrected chi connectivity index (χ3v) is 3.77. The number of anilines is 1. The quantitative estimate of drug-likeness (QED) is 0.574. The maximum absolute atomic E-state index is 12.8. The molecule has 0 amide bonds. The van der Waals surface area contributed by atoms with Crippen LogP contribution in [0.4, 0.5) is 5.69 Å². The molecule has 3 aromatic rings. The Balaban J connectivity index is 2.21. The first-order valence-electron chi connectivity index (χ1n) is 6.72. The molecule has 4 heteroatoms. The number of carbonyl (C=O) groups is 1. The zero-order valence-corrected chi connectivity index (χ0v) is 12.3. The Bertz CT molecular complexity index is 836. The molecule has 0 saturated carbocycles. The lowest BCUT2D eigenvalue weighted by atomic mass is 9.99. The minimum atomic E-state index is -0.137. The average Bonchev–Trinajstić information content (AvgIpc) is 2.85. The van der Waals surface area contributed by atoms with Gasteiger partial charge >= 0.3 is 0 Å². The Labute approximate surface area is 127 Å². The van der Waals surface area contributed by atoms with Crippen molar-refractivity contribution in [2.75, 3.05) is 5.73 Å². The van der Waals surface area contributed by atoms with Gasteiger partial charge in [0.05, 0.1) is 10.6 Å². The number of benzene rings is 2. The highest BCUT2D eigenvalue weighted by atomic mass is 35.5. The van der Waals surface area contributed by atoms with Gasteiger partial charge in [0.1, 0.15) is 11.3 Å². The zero-order chi connectivity index (χ0) is 15.0. The van der Waals surface area contributed by atoms with Crippen molar-refractivity contribution < 1.29 is 9.21 Å². The van der Waals surface area contributed by atoms with Gasteiger partial charge in [0.2, 0.25) is 0 Å². The summed E-state index contributed by atoms with van der Waals surface area (Å²) >= 11 is 6.16. The molecule has 0 spiro atoms. The van der Waals surface area contributed by atoms with Gasteiger partial charge in [-0.3, -0.25) is 4.79 Å². The van der Waals surface area contributed by atoms with E-state index in [9.17, 15) is 4.79 Å². The number of aryl methyl sites for hydroxylation is 1. The normalized spacial score (nSPS) is 11.0. The van der Waals surface area contributed by atoms with Crippen molar-refractivity contribution in [2.45, 2.75) is 13.3 Å². The van der Waals surface area contributed by atoms with Crippen LogP contribution in [0.25, 0.3) is 11.0 Å². The second-order valence-electron chi connectivity index (χ2n) is 4.82. The van der Waals surface area contributed by atoms with E-state index < -0.39 is 0 Å². The van der Waals surface area contributed by atoms with E-state index in [-0.39, 0.29) is 5.78 Å². The fourth-order valence-corrected chi connectivity index (χ4v) is 2.72. The summed E-state index contributed by atoms with van der Waals surface area (Å²) in [6.07, 6.45) is 0.641. The number of fused-ring (bicyclic) bond motifs is 1. The van der Waals surface area contributed by atoms with E-state index in [1.165, 1.54) is 0 Å². The summed E-state index contributed by atoms with van der Waals surface area (Å²) in [5.41, 5.74) is 7.94. The average molecular weight is 300 g/mol. The van der Waals surface area contributed by atoms with Crippen molar-refractivity contribution >= 4 is 34.0 Å². The number of nitrogens with two attached hydrogens (primary N) is 1. The molecule has 0 aliphatic heterocycles. The van der Waals surface area contributed by atoms with Crippen molar-refractivity contribution in [1.82, 2.24) is 0 Å². The van der Waals surface area contributed by atoms with Gasteiger partial charge in [-0.05, 0) is 24.3 Å². The molecule has 0 saturated heterocycles. The number of ketones is 1. The first-order valence-corrected chi connectivity index (χ1v) is 7.09. The van der Waals surface area contributed by atoms with Gasteiger partial charge in [-0.25, -0.2) is 0 Å². The van der Waals surface area contributed by atoms with Crippen LogP contribution in [0.5, 0.6) is 0 Å². The predicted octanol–water partition coefficient (Wildman–Crippen LogP) is 4.46. The van der Waals surface area contributed by atoms with E-state index >= 15 is 0 Å². The van der Waals surface area contributed by atoms with Crippen LogP contribution >= 0.6 is 11.6 Å². The predicted molar refractivity (Wildman–Crippen MR) is 84.9 cm³/mol. The summed E-state index contributed by atoms with van der Waals surface area (Å²) < 4.78 is 5.77. The van der Waals surface area contributed by atoms with Gasteiger partial charge in [-0.1, -0.05) is 36.7 Å². The first kappa shape index (κ1) is 13.7. The second-order valence-corrected chi connectivity index (χ2v) is 5.23. The van der Waals surface area contributed by atoms with E-state index in [1.807, 2.05) is 31.2 Å². The molecule has 3 nitrogen and oxygen atoms in total. The molecule has 0 fully saturated rings. The molecule has 106 valence electrons. The second kappa shape index (κ2) is 5.26. The summed E-state index contributed by atoms with van der Waals surface area (Å²) in [6, 6.07) is 12.4. The number of furan rings is 1. The Kier molecular flexibility index (Phi) is 3.43. The van der Waals surface area contributed by atoms with Crippen LogP contribution in [0.1, 0.15) is 28.6 Å². The van der Waals surface area contributed by atoms with E-state index in [2.05, 4.69) is 0 Å². The Hall–Kier alpha value is -2.26. The highest BCUT2D eigenvalue weighted by molar-refractivity contribution is 6.35. The van der Waals surface area contributed by atoms with Crippen molar-refractivity contribution in [1.29, 1.82) is 0 Å². The fourth-order valence-electron chi connectivity index (χ4n) is 2.44. The first-order chi connectivity index (χ1) is 10.1. The van der Waals surface area contributed by atoms with Crippen LogP contribution in [0.15, 0.2) is 46.9 Å². The number of hydrogen-bond acceptors (Lipinski definition) is 3. The lowest BCUT2D eigenvalue weighted by Gasteiger charge is -2.05. The van der Waals surface area contributed by atoms with Crippen LogP contribution < -0.4 is 5.73 Å². The standard InChI is InChI=1S/C17H14ClNO2/c1-2-14-16(12-5-3-4-6-15(12)21-14)17(20)11-8-7-10(19)9-13(11)18/h3-9H,2,19H2,1H3. The van der Waals surface area contributed by atoms with Crippen LogP contribution in [0.2, 0.25) is 5.02 Å². The maximum atomic E-state index is 12.8. The van der Waals surface area contributed by atoms with Crippen LogP contribution in [-0.4, -0.2) is 5.78 Å². The molecule has 0 bridgehead atoms. The Morgan fingerprint density at radius 3 is 2.71 bits per heavy atom. The molecule has 2 aromatic carbocycles. The molecule has 21 heavy (non-hydrogen) atoms. The molecule has 1 aromatic heterocycles. The van der Waals surface area contributed by atoms with Crippen molar-refractivity contribution in [3.8, 4) is 0 Å². The largest absolute Gasteiger partial charge is 0.460 e. The number of rotatable bonds is 3. The number of hydrogen-bond donors (Lipinski definition) is 1. The SMILES string of the molecule is CCc1oc2ccccc2c1C(=O)c1ccc(N)cc1Cl. The highest BCUT2D eigenvalue weighted by Gasteiger charge is 2.22. The van der Waals surface area contributed by atoms with E-state index in [0.29, 0.717) is 39.6 Å². The summed E-state index contributed by atoms with van der Waals surface area (Å²) in [5, 5.41) is 1.17. The summed E-state index contributed by atoms with van der Waals surface area (Å²) in [6.45, 7) is 1.96.